The van der Waals surface area contributed by atoms with E-state index in [1.54, 1.807) is 13.8 Å². The molecule has 1 rings (SSSR count). The molecular formula is C10H17NO4. The van der Waals surface area contributed by atoms with E-state index < -0.39 is 17.9 Å². The summed E-state index contributed by atoms with van der Waals surface area (Å²) in [5.74, 6) is -1.87. The molecule has 15 heavy (non-hydrogen) atoms. The molecule has 0 amide bonds. The van der Waals surface area contributed by atoms with Crippen LogP contribution in [-0.4, -0.2) is 24.6 Å². The van der Waals surface area contributed by atoms with Crippen LogP contribution in [0.25, 0.3) is 0 Å². The maximum absolute atomic E-state index is 11.4. The number of hydrogen-bond donors (Lipinski definition) is 1. The number of rotatable bonds is 6. The molecule has 0 radical (unpaired) electrons. The summed E-state index contributed by atoms with van der Waals surface area (Å²) in [7, 11) is 0. The summed E-state index contributed by atoms with van der Waals surface area (Å²) < 4.78 is 4.77. The summed E-state index contributed by atoms with van der Waals surface area (Å²) in [5, 5.41) is 0. The molecule has 0 saturated heterocycles. The molecular weight excluding hydrogens is 198 g/mol. The summed E-state index contributed by atoms with van der Waals surface area (Å²) in [6.07, 6.45) is 2.43. The van der Waals surface area contributed by atoms with Gasteiger partial charge in [-0.05, 0) is 26.2 Å². The fourth-order valence-electron chi connectivity index (χ4n) is 1.09. The molecule has 0 bridgehead atoms. The molecule has 0 aromatic heterocycles. The van der Waals surface area contributed by atoms with Crippen LogP contribution in [0.1, 0.15) is 33.1 Å². The second-order valence-electron chi connectivity index (χ2n) is 3.53. The number of carbonyl (C=O) groups excluding carboxylic acids is 2. The smallest absolute Gasteiger partial charge is 0.339 e. The molecule has 86 valence electrons. The molecule has 1 fully saturated rings. The van der Waals surface area contributed by atoms with Crippen LogP contribution in [0.3, 0.4) is 0 Å². The zero-order chi connectivity index (χ0) is 11.3. The SMILES string of the molecule is CCOC(=O)C(CC)C(=O)ONC1CC1. The minimum Gasteiger partial charge on any atom is -0.465 e. The van der Waals surface area contributed by atoms with E-state index in [2.05, 4.69) is 5.48 Å². The van der Waals surface area contributed by atoms with Gasteiger partial charge in [0.25, 0.3) is 0 Å². The van der Waals surface area contributed by atoms with Crippen LogP contribution in [0.2, 0.25) is 0 Å². The monoisotopic (exact) mass is 215 g/mol. The van der Waals surface area contributed by atoms with Gasteiger partial charge in [0, 0.05) is 6.04 Å². The van der Waals surface area contributed by atoms with Crippen molar-refractivity contribution in [3.05, 3.63) is 0 Å². The highest BCUT2D eigenvalue weighted by Gasteiger charge is 2.30. The third kappa shape index (κ3) is 3.87. The van der Waals surface area contributed by atoms with Gasteiger partial charge in [0.05, 0.1) is 6.61 Å². The van der Waals surface area contributed by atoms with Crippen molar-refractivity contribution in [3.8, 4) is 0 Å². The Morgan fingerprint density at radius 1 is 1.33 bits per heavy atom. The average Bonchev–Trinajstić information content (AvgIpc) is 2.99. The molecule has 0 heterocycles. The molecule has 1 aliphatic carbocycles. The second-order valence-corrected chi connectivity index (χ2v) is 3.53. The molecule has 0 aromatic rings. The summed E-state index contributed by atoms with van der Waals surface area (Å²) >= 11 is 0. The Morgan fingerprint density at radius 2 is 2.00 bits per heavy atom. The van der Waals surface area contributed by atoms with Gasteiger partial charge in [-0.3, -0.25) is 4.79 Å². The Balaban J connectivity index is 2.33. The van der Waals surface area contributed by atoms with Gasteiger partial charge in [-0.2, -0.15) is 5.48 Å². The molecule has 1 saturated carbocycles. The van der Waals surface area contributed by atoms with Gasteiger partial charge in [0.1, 0.15) is 0 Å². The third-order valence-electron chi connectivity index (χ3n) is 2.17. The van der Waals surface area contributed by atoms with Crippen LogP contribution in [0.5, 0.6) is 0 Å². The molecule has 0 spiro atoms. The van der Waals surface area contributed by atoms with Crippen molar-refractivity contribution >= 4 is 11.9 Å². The van der Waals surface area contributed by atoms with Crippen LogP contribution >= 0.6 is 0 Å². The third-order valence-corrected chi connectivity index (χ3v) is 2.17. The summed E-state index contributed by atoms with van der Waals surface area (Å²) in [6.45, 7) is 3.73. The molecule has 0 aromatic carbocycles. The Hall–Kier alpha value is -1.10. The van der Waals surface area contributed by atoms with Crippen molar-refractivity contribution in [2.24, 2.45) is 5.92 Å². The van der Waals surface area contributed by atoms with Gasteiger partial charge in [-0.1, -0.05) is 6.92 Å². The van der Waals surface area contributed by atoms with Gasteiger partial charge in [0.2, 0.25) is 0 Å². The molecule has 0 aliphatic heterocycles. The number of ether oxygens (including phenoxy) is 1. The Morgan fingerprint density at radius 3 is 2.47 bits per heavy atom. The normalized spacial score (nSPS) is 16.9. The van der Waals surface area contributed by atoms with Crippen LogP contribution in [-0.2, 0) is 19.2 Å². The summed E-state index contributed by atoms with van der Waals surface area (Å²) in [6, 6.07) is 0.272. The predicted octanol–water partition coefficient (Wildman–Crippen LogP) is 0.786. The second kappa shape index (κ2) is 5.70. The van der Waals surface area contributed by atoms with Crippen molar-refractivity contribution in [1.29, 1.82) is 0 Å². The topological polar surface area (TPSA) is 64.6 Å². The first kappa shape index (κ1) is 12.0. The Bertz CT molecular complexity index is 238. The highest BCUT2D eigenvalue weighted by Crippen LogP contribution is 2.19. The number of nitrogens with one attached hydrogen (secondary N) is 1. The zero-order valence-electron chi connectivity index (χ0n) is 9.12. The minimum absolute atomic E-state index is 0.272. The van der Waals surface area contributed by atoms with E-state index in [-0.39, 0.29) is 12.6 Å². The minimum atomic E-state index is -0.809. The van der Waals surface area contributed by atoms with Crippen LogP contribution < -0.4 is 5.48 Å². The molecule has 5 heteroatoms. The Labute approximate surface area is 89.1 Å². The van der Waals surface area contributed by atoms with E-state index in [1.807, 2.05) is 0 Å². The highest BCUT2D eigenvalue weighted by molar-refractivity contribution is 5.94. The van der Waals surface area contributed by atoms with Crippen LogP contribution in [0.15, 0.2) is 0 Å². The number of hydrogen-bond acceptors (Lipinski definition) is 5. The largest absolute Gasteiger partial charge is 0.465 e. The van der Waals surface area contributed by atoms with E-state index in [0.717, 1.165) is 12.8 Å². The molecule has 1 unspecified atom stereocenters. The number of esters is 1. The first-order valence-electron chi connectivity index (χ1n) is 5.31. The fourth-order valence-corrected chi connectivity index (χ4v) is 1.09. The highest BCUT2D eigenvalue weighted by atomic mass is 16.7. The van der Waals surface area contributed by atoms with Crippen molar-refractivity contribution < 1.29 is 19.2 Å². The summed E-state index contributed by atoms with van der Waals surface area (Å²) in [5.41, 5.74) is 2.61. The van der Waals surface area contributed by atoms with E-state index in [1.165, 1.54) is 0 Å². The van der Waals surface area contributed by atoms with Gasteiger partial charge in [-0.25, -0.2) is 4.79 Å². The number of hydroxylamine groups is 1. The van der Waals surface area contributed by atoms with E-state index >= 15 is 0 Å². The molecule has 1 atom stereocenters. The zero-order valence-corrected chi connectivity index (χ0v) is 9.12. The maximum Gasteiger partial charge on any atom is 0.339 e. The van der Waals surface area contributed by atoms with Crippen LogP contribution in [0, 0.1) is 5.92 Å². The lowest BCUT2D eigenvalue weighted by atomic mass is 10.1. The van der Waals surface area contributed by atoms with Crippen molar-refractivity contribution in [1.82, 2.24) is 5.48 Å². The van der Waals surface area contributed by atoms with E-state index in [0.29, 0.717) is 6.42 Å². The first-order valence-corrected chi connectivity index (χ1v) is 5.31. The Kier molecular flexibility index (Phi) is 4.55. The lowest BCUT2D eigenvalue weighted by molar-refractivity contribution is -0.167. The van der Waals surface area contributed by atoms with Gasteiger partial charge in [0.15, 0.2) is 5.92 Å². The standard InChI is InChI=1S/C10H17NO4/c1-3-8(9(12)14-4-2)10(13)15-11-7-5-6-7/h7-8,11H,3-6H2,1-2H3. The van der Waals surface area contributed by atoms with Crippen molar-refractivity contribution in [3.63, 3.8) is 0 Å². The van der Waals surface area contributed by atoms with Crippen molar-refractivity contribution in [2.45, 2.75) is 39.2 Å². The van der Waals surface area contributed by atoms with Crippen LogP contribution in [0.4, 0.5) is 0 Å². The average molecular weight is 215 g/mol. The number of carbonyl (C=O) groups is 2. The fraction of sp³-hybridized carbons (Fsp3) is 0.800. The molecule has 5 nitrogen and oxygen atoms in total. The lowest BCUT2D eigenvalue weighted by Gasteiger charge is -2.12. The molecule has 1 aliphatic rings. The van der Waals surface area contributed by atoms with Gasteiger partial charge in [-0.15, -0.1) is 0 Å². The van der Waals surface area contributed by atoms with Gasteiger partial charge < -0.3 is 9.57 Å². The first-order chi connectivity index (χ1) is 7.19. The predicted molar refractivity (Wildman–Crippen MR) is 52.7 cm³/mol. The van der Waals surface area contributed by atoms with E-state index in [9.17, 15) is 9.59 Å². The molecule has 1 N–H and O–H groups in total. The maximum atomic E-state index is 11.4. The quantitative estimate of drug-likeness (QED) is 0.403. The lowest BCUT2D eigenvalue weighted by Crippen LogP contribution is -2.32. The van der Waals surface area contributed by atoms with E-state index in [4.69, 9.17) is 9.57 Å². The summed E-state index contributed by atoms with van der Waals surface area (Å²) in [4.78, 5) is 27.6. The van der Waals surface area contributed by atoms with Gasteiger partial charge >= 0.3 is 11.9 Å². The van der Waals surface area contributed by atoms with Crippen molar-refractivity contribution in [2.75, 3.05) is 6.61 Å².